The highest BCUT2D eigenvalue weighted by molar-refractivity contribution is 5.93. The third kappa shape index (κ3) is 3.86. The van der Waals surface area contributed by atoms with Crippen molar-refractivity contribution in [1.82, 2.24) is 20.1 Å². The summed E-state index contributed by atoms with van der Waals surface area (Å²) < 4.78 is 8.06. The number of amides is 2. The van der Waals surface area contributed by atoms with Crippen LogP contribution in [0.4, 0.5) is 10.6 Å². The van der Waals surface area contributed by atoms with Crippen LogP contribution >= 0.6 is 0 Å². The molecule has 1 aliphatic heterocycles. The van der Waals surface area contributed by atoms with Gasteiger partial charge in [0.15, 0.2) is 0 Å². The molecule has 2 amide bonds. The van der Waals surface area contributed by atoms with E-state index in [9.17, 15) is 4.79 Å². The Morgan fingerprint density at radius 3 is 2.83 bits per heavy atom. The van der Waals surface area contributed by atoms with Gasteiger partial charge in [-0.25, -0.2) is 9.78 Å². The Kier molecular flexibility index (Phi) is 5.07. The van der Waals surface area contributed by atoms with Gasteiger partial charge in [-0.15, -0.1) is 0 Å². The van der Waals surface area contributed by atoms with Gasteiger partial charge in [-0.05, 0) is 38.5 Å². The Labute approximate surface area is 169 Å². The van der Waals surface area contributed by atoms with Gasteiger partial charge < -0.3 is 10.1 Å². The molecule has 2 bridgehead atoms. The summed E-state index contributed by atoms with van der Waals surface area (Å²) in [6.07, 6.45) is 5.67. The lowest BCUT2D eigenvalue weighted by Crippen LogP contribution is -2.45. The second-order valence-corrected chi connectivity index (χ2v) is 7.55. The van der Waals surface area contributed by atoms with Crippen LogP contribution in [0.3, 0.4) is 0 Å². The highest BCUT2D eigenvalue weighted by Gasteiger charge is 2.33. The average molecular weight is 391 g/mol. The quantitative estimate of drug-likeness (QED) is 0.688. The molecule has 0 fully saturated rings. The van der Waals surface area contributed by atoms with Crippen LogP contribution in [0.5, 0.6) is 0 Å². The number of hydrogen-bond acceptors (Lipinski definition) is 4. The van der Waals surface area contributed by atoms with E-state index in [1.54, 1.807) is 6.20 Å². The Morgan fingerprint density at radius 1 is 1.28 bits per heavy atom. The van der Waals surface area contributed by atoms with E-state index in [2.05, 4.69) is 20.7 Å². The fourth-order valence-corrected chi connectivity index (χ4v) is 3.66. The van der Waals surface area contributed by atoms with E-state index in [0.717, 1.165) is 28.7 Å². The minimum absolute atomic E-state index is 0.331. The number of urea groups is 1. The summed E-state index contributed by atoms with van der Waals surface area (Å²) in [5, 5.41) is 11.3. The van der Waals surface area contributed by atoms with E-state index in [-0.39, 0.29) is 12.1 Å². The molecule has 1 aliphatic rings. The zero-order valence-corrected chi connectivity index (χ0v) is 16.8. The maximum absolute atomic E-state index is 12.8. The number of carbonyl (C=O) groups is 1. The normalized spacial score (nSPS) is 20.2. The summed E-state index contributed by atoms with van der Waals surface area (Å²) in [6, 6.07) is 11.0. The number of anilines is 1. The molecule has 7 heteroatoms. The Hall–Kier alpha value is -3.19. The van der Waals surface area contributed by atoms with Gasteiger partial charge in [0, 0.05) is 11.9 Å². The molecule has 29 heavy (non-hydrogen) atoms. The summed E-state index contributed by atoms with van der Waals surface area (Å²) in [5.74, 6) is 0.483. The SMILES string of the molecule is CCn1ncc2cc3nc(c21)/C=C\COC(C)(C)[C@@H](c1ccccc1)NC(=O)N3. The molecule has 1 aromatic carbocycles. The standard InChI is InChI=1S/C22H25N5O2/c1-4-27-19-16(14-23-27)13-18-24-17(19)11-8-12-29-22(2,3)20(26-21(28)25-18)15-9-6-5-7-10-15/h5-11,13-14,20H,4,12H2,1-3H3,(H2,24,25,26,28)/b11-8-/t20-/m1/s1. The monoisotopic (exact) mass is 391 g/mol. The molecule has 0 saturated carbocycles. The average Bonchev–Trinajstić information content (AvgIpc) is 3.12. The van der Waals surface area contributed by atoms with Gasteiger partial charge in [0.1, 0.15) is 5.82 Å². The van der Waals surface area contributed by atoms with Gasteiger partial charge in [0.2, 0.25) is 0 Å². The number of hydrogen-bond donors (Lipinski definition) is 2. The zero-order valence-electron chi connectivity index (χ0n) is 16.8. The zero-order chi connectivity index (χ0) is 20.4. The second kappa shape index (κ2) is 7.67. The number of aromatic nitrogens is 3. The summed E-state index contributed by atoms with van der Waals surface area (Å²) in [4.78, 5) is 17.4. The number of pyridine rings is 1. The van der Waals surface area contributed by atoms with E-state index in [0.29, 0.717) is 12.4 Å². The van der Waals surface area contributed by atoms with Gasteiger partial charge in [0.05, 0.1) is 35.7 Å². The third-order valence-electron chi connectivity index (χ3n) is 5.12. The summed E-state index contributed by atoms with van der Waals surface area (Å²) in [7, 11) is 0. The van der Waals surface area contributed by atoms with Crippen molar-refractivity contribution in [3.05, 3.63) is 59.9 Å². The van der Waals surface area contributed by atoms with E-state index in [1.807, 2.05) is 74.0 Å². The Morgan fingerprint density at radius 2 is 2.07 bits per heavy atom. The molecule has 4 rings (SSSR count). The van der Waals surface area contributed by atoms with Crippen LogP contribution in [0.2, 0.25) is 0 Å². The predicted molar refractivity (Wildman–Crippen MR) is 114 cm³/mol. The highest BCUT2D eigenvalue weighted by Crippen LogP contribution is 2.30. The number of aryl methyl sites for hydroxylation is 1. The molecule has 150 valence electrons. The number of nitrogens with zero attached hydrogens (tertiary/aromatic N) is 3. The van der Waals surface area contributed by atoms with E-state index >= 15 is 0 Å². The molecule has 0 unspecified atom stereocenters. The molecule has 0 radical (unpaired) electrons. The second-order valence-electron chi connectivity index (χ2n) is 7.55. The fraction of sp³-hybridized carbons (Fsp3) is 0.318. The summed E-state index contributed by atoms with van der Waals surface area (Å²) in [5.41, 5.74) is 2.04. The molecule has 0 spiro atoms. The van der Waals surface area contributed by atoms with Crippen molar-refractivity contribution in [2.24, 2.45) is 0 Å². The van der Waals surface area contributed by atoms with Crippen molar-refractivity contribution in [2.75, 3.05) is 11.9 Å². The smallest absolute Gasteiger partial charge is 0.320 e. The topological polar surface area (TPSA) is 81.1 Å². The Balaban J connectivity index is 1.75. The van der Waals surface area contributed by atoms with Crippen molar-refractivity contribution in [3.63, 3.8) is 0 Å². The van der Waals surface area contributed by atoms with Crippen LogP contribution in [0.15, 0.2) is 48.7 Å². The van der Waals surface area contributed by atoms with Crippen LogP contribution in [-0.4, -0.2) is 33.0 Å². The molecule has 2 aromatic heterocycles. The lowest BCUT2D eigenvalue weighted by molar-refractivity contribution is -0.0278. The molecule has 7 nitrogen and oxygen atoms in total. The number of rotatable bonds is 2. The van der Waals surface area contributed by atoms with Crippen molar-refractivity contribution >= 4 is 28.8 Å². The number of carbonyl (C=O) groups excluding carboxylic acids is 1. The summed E-state index contributed by atoms with van der Waals surface area (Å²) in [6.45, 7) is 7.13. The molecule has 2 N–H and O–H groups in total. The molecule has 3 heterocycles. The van der Waals surface area contributed by atoms with Crippen molar-refractivity contribution < 1.29 is 9.53 Å². The van der Waals surface area contributed by atoms with Gasteiger partial charge in [-0.3, -0.25) is 10.00 Å². The van der Waals surface area contributed by atoms with Crippen LogP contribution in [0.25, 0.3) is 17.0 Å². The maximum atomic E-state index is 12.8. The van der Waals surface area contributed by atoms with E-state index in [4.69, 9.17) is 4.74 Å². The number of ether oxygens (including phenoxy) is 1. The molecule has 0 saturated heterocycles. The predicted octanol–water partition coefficient (Wildman–Crippen LogP) is 4.14. The maximum Gasteiger partial charge on any atom is 0.320 e. The fourth-order valence-electron chi connectivity index (χ4n) is 3.66. The van der Waals surface area contributed by atoms with Crippen molar-refractivity contribution in [1.29, 1.82) is 0 Å². The van der Waals surface area contributed by atoms with Gasteiger partial charge >= 0.3 is 6.03 Å². The number of nitrogens with one attached hydrogen (secondary N) is 2. The molecule has 1 atom stereocenters. The first kappa shape index (κ1) is 19.1. The third-order valence-corrected chi connectivity index (χ3v) is 5.12. The Bertz CT molecular complexity index is 1060. The minimum Gasteiger partial charge on any atom is -0.369 e. The molecule has 0 aliphatic carbocycles. The molecular formula is C22H25N5O2. The van der Waals surface area contributed by atoms with Crippen LogP contribution in [-0.2, 0) is 11.3 Å². The lowest BCUT2D eigenvalue weighted by atomic mass is 9.91. The largest absolute Gasteiger partial charge is 0.369 e. The van der Waals surface area contributed by atoms with Crippen LogP contribution < -0.4 is 10.6 Å². The van der Waals surface area contributed by atoms with E-state index < -0.39 is 5.60 Å². The van der Waals surface area contributed by atoms with Gasteiger partial charge in [-0.1, -0.05) is 36.4 Å². The van der Waals surface area contributed by atoms with Crippen molar-refractivity contribution in [3.8, 4) is 0 Å². The highest BCUT2D eigenvalue weighted by atomic mass is 16.5. The van der Waals surface area contributed by atoms with Gasteiger partial charge in [0.25, 0.3) is 0 Å². The van der Waals surface area contributed by atoms with Gasteiger partial charge in [-0.2, -0.15) is 5.10 Å². The lowest BCUT2D eigenvalue weighted by Gasteiger charge is -2.35. The number of fused-ring (bicyclic) bond motifs is 4. The number of benzene rings is 1. The minimum atomic E-state index is -0.621. The van der Waals surface area contributed by atoms with E-state index in [1.165, 1.54) is 0 Å². The summed E-state index contributed by atoms with van der Waals surface area (Å²) >= 11 is 0. The first-order valence-corrected chi connectivity index (χ1v) is 9.77. The first-order valence-electron chi connectivity index (χ1n) is 9.77. The molecule has 3 aromatic rings. The first-order chi connectivity index (χ1) is 14.0. The van der Waals surface area contributed by atoms with Crippen molar-refractivity contribution in [2.45, 2.75) is 39.0 Å². The van der Waals surface area contributed by atoms with Crippen LogP contribution in [0, 0.1) is 0 Å². The molecular weight excluding hydrogens is 366 g/mol. The van der Waals surface area contributed by atoms with Crippen LogP contribution in [0.1, 0.15) is 38.1 Å².